The summed E-state index contributed by atoms with van der Waals surface area (Å²) in [5.74, 6) is 3.72. The molecule has 1 aromatic rings. The lowest BCUT2D eigenvalue weighted by Crippen LogP contribution is -2.07. The number of hydrogen-bond donors (Lipinski definition) is 2. The van der Waals surface area contributed by atoms with Crippen molar-refractivity contribution in [1.82, 2.24) is 9.97 Å². The Kier molecular flexibility index (Phi) is 4.39. The van der Waals surface area contributed by atoms with Gasteiger partial charge >= 0.3 is 0 Å². The van der Waals surface area contributed by atoms with E-state index >= 15 is 0 Å². The first-order chi connectivity index (χ1) is 8.65. The molecule has 0 atom stereocenters. The Morgan fingerprint density at radius 2 is 2.11 bits per heavy atom. The summed E-state index contributed by atoms with van der Waals surface area (Å²) in [7, 11) is 0. The fourth-order valence-electron chi connectivity index (χ4n) is 1.99. The molecule has 18 heavy (non-hydrogen) atoms. The molecule has 0 aliphatic heterocycles. The van der Waals surface area contributed by atoms with E-state index in [1.54, 1.807) is 0 Å². The molecule has 0 aromatic carbocycles. The van der Waals surface area contributed by atoms with Gasteiger partial charge in [0.2, 0.25) is 0 Å². The van der Waals surface area contributed by atoms with E-state index in [0.29, 0.717) is 11.7 Å². The monoisotopic (exact) mass is 248 g/mol. The fourth-order valence-corrected chi connectivity index (χ4v) is 1.99. The van der Waals surface area contributed by atoms with Gasteiger partial charge in [-0.25, -0.2) is 9.97 Å². The van der Waals surface area contributed by atoms with Crippen LogP contribution < -0.4 is 11.1 Å². The van der Waals surface area contributed by atoms with Crippen LogP contribution >= 0.6 is 0 Å². The highest BCUT2D eigenvalue weighted by molar-refractivity contribution is 5.45. The van der Waals surface area contributed by atoms with Gasteiger partial charge in [0.05, 0.1) is 0 Å². The van der Waals surface area contributed by atoms with E-state index in [0.717, 1.165) is 24.1 Å². The molecule has 4 nitrogen and oxygen atoms in total. The third kappa shape index (κ3) is 4.17. The van der Waals surface area contributed by atoms with Gasteiger partial charge in [-0.2, -0.15) is 0 Å². The second-order valence-electron chi connectivity index (χ2n) is 5.63. The van der Waals surface area contributed by atoms with Gasteiger partial charge in [0, 0.05) is 18.5 Å². The second kappa shape index (κ2) is 6.03. The molecule has 4 heteroatoms. The summed E-state index contributed by atoms with van der Waals surface area (Å²) < 4.78 is 0. The van der Waals surface area contributed by atoms with Gasteiger partial charge in [-0.15, -0.1) is 0 Å². The lowest BCUT2D eigenvalue weighted by atomic mass is 10.1. The van der Waals surface area contributed by atoms with Crippen LogP contribution in [0.2, 0.25) is 0 Å². The summed E-state index contributed by atoms with van der Waals surface area (Å²) in [4.78, 5) is 8.82. The number of unbranched alkanes of at least 4 members (excludes halogenated alkanes) is 1. The molecule has 0 radical (unpaired) electrons. The van der Waals surface area contributed by atoms with E-state index in [-0.39, 0.29) is 0 Å². The van der Waals surface area contributed by atoms with Crippen molar-refractivity contribution < 1.29 is 0 Å². The lowest BCUT2D eigenvalue weighted by Gasteiger charge is -2.08. The molecular weight excluding hydrogens is 224 g/mol. The molecule has 1 fully saturated rings. The molecule has 0 bridgehead atoms. The first-order valence-electron chi connectivity index (χ1n) is 7.03. The largest absolute Gasteiger partial charge is 0.384 e. The Morgan fingerprint density at radius 1 is 1.33 bits per heavy atom. The zero-order valence-corrected chi connectivity index (χ0v) is 11.4. The quantitative estimate of drug-likeness (QED) is 0.727. The molecule has 1 aliphatic rings. The van der Waals surface area contributed by atoms with Crippen molar-refractivity contribution in [2.75, 3.05) is 17.6 Å². The van der Waals surface area contributed by atoms with Crippen molar-refractivity contribution in [3.63, 3.8) is 0 Å². The highest BCUT2D eigenvalue weighted by atomic mass is 15.1. The molecule has 1 saturated carbocycles. The molecule has 3 N–H and O–H groups in total. The van der Waals surface area contributed by atoms with Crippen LogP contribution in [-0.2, 0) is 0 Å². The minimum Gasteiger partial charge on any atom is -0.384 e. The van der Waals surface area contributed by atoms with E-state index in [2.05, 4.69) is 29.1 Å². The van der Waals surface area contributed by atoms with Crippen LogP contribution in [0.3, 0.4) is 0 Å². The number of anilines is 2. The zero-order chi connectivity index (χ0) is 13.0. The molecule has 1 aromatic heterocycles. The van der Waals surface area contributed by atoms with Crippen molar-refractivity contribution in [1.29, 1.82) is 0 Å². The fraction of sp³-hybridized carbons (Fsp3) is 0.714. The number of nitrogens with one attached hydrogen (secondary N) is 1. The number of nitrogen functional groups attached to an aromatic ring is 1. The van der Waals surface area contributed by atoms with Crippen LogP contribution in [0.5, 0.6) is 0 Å². The van der Waals surface area contributed by atoms with Crippen LogP contribution in [0.25, 0.3) is 0 Å². The molecule has 1 aliphatic carbocycles. The van der Waals surface area contributed by atoms with Gasteiger partial charge in [0.1, 0.15) is 17.5 Å². The Balaban J connectivity index is 1.78. The molecule has 1 heterocycles. The van der Waals surface area contributed by atoms with Gasteiger partial charge in [-0.1, -0.05) is 26.7 Å². The van der Waals surface area contributed by atoms with Crippen molar-refractivity contribution in [3.05, 3.63) is 11.9 Å². The second-order valence-corrected chi connectivity index (χ2v) is 5.63. The smallest absolute Gasteiger partial charge is 0.136 e. The summed E-state index contributed by atoms with van der Waals surface area (Å²) in [6, 6.07) is 1.83. The predicted octanol–water partition coefficient (Wildman–Crippen LogP) is 3.17. The van der Waals surface area contributed by atoms with Crippen LogP contribution in [0.15, 0.2) is 6.07 Å². The van der Waals surface area contributed by atoms with Crippen molar-refractivity contribution in [3.8, 4) is 0 Å². The molecule has 100 valence electrons. The first-order valence-corrected chi connectivity index (χ1v) is 7.03. The van der Waals surface area contributed by atoms with Crippen LogP contribution in [0.1, 0.15) is 57.7 Å². The molecular formula is C14H24N4. The molecule has 0 amide bonds. The van der Waals surface area contributed by atoms with E-state index in [4.69, 9.17) is 5.73 Å². The van der Waals surface area contributed by atoms with Gasteiger partial charge in [-0.3, -0.25) is 0 Å². The standard InChI is InChI=1S/C14H24N4/c1-10(2)5-3-4-8-16-13-9-12(15)17-14(18-13)11-6-7-11/h9-11H,3-8H2,1-2H3,(H3,15,16,17,18). The highest BCUT2D eigenvalue weighted by Gasteiger charge is 2.27. The molecule has 0 unspecified atom stereocenters. The minimum atomic E-state index is 0.551. The summed E-state index contributed by atoms with van der Waals surface area (Å²) in [5.41, 5.74) is 5.80. The Morgan fingerprint density at radius 3 is 2.78 bits per heavy atom. The zero-order valence-electron chi connectivity index (χ0n) is 11.4. The van der Waals surface area contributed by atoms with Crippen LogP contribution in [0.4, 0.5) is 11.6 Å². The third-order valence-corrected chi connectivity index (χ3v) is 3.22. The number of nitrogens with zero attached hydrogens (tertiary/aromatic N) is 2. The van der Waals surface area contributed by atoms with Crippen molar-refractivity contribution in [2.45, 2.75) is 51.9 Å². The van der Waals surface area contributed by atoms with Gasteiger partial charge < -0.3 is 11.1 Å². The van der Waals surface area contributed by atoms with Crippen LogP contribution in [0, 0.1) is 5.92 Å². The summed E-state index contributed by atoms with van der Waals surface area (Å²) >= 11 is 0. The van der Waals surface area contributed by atoms with Crippen LogP contribution in [-0.4, -0.2) is 16.5 Å². The Labute approximate surface area is 109 Å². The van der Waals surface area contributed by atoms with E-state index < -0.39 is 0 Å². The number of aromatic nitrogens is 2. The normalized spacial score (nSPS) is 15.1. The van der Waals surface area contributed by atoms with E-state index in [1.807, 2.05) is 6.07 Å². The van der Waals surface area contributed by atoms with Crippen molar-refractivity contribution in [2.24, 2.45) is 5.92 Å². The van der Waals surface area contributed by atoms with Crippen molar-refractivity contribution >= 4 is 11.6 Å². The number of hydrogen-bond acceptors (Lipinski definition) is 4. The summed E-state index contributed by atoms with van der Waals surface area (Å²) in [6.45, 7) is 5.49. The topological polar surface area (TPSA) is 63.8 Å². The van der Waals surface area contributed by atoms with Gasteiger partial charge in [-0.05, 0) is 25.2 Å². The maximum absolute atomic E-state index is 5.80. The number of rotatable bonds is 7. The lowest BCUT2D eigenvalue weighted by molar-refractivity contribution is 0.544. The maximum atomic E-state index is 5.80. The Hall–Kier alpha value is -1.32. The molecule has 2 rings (SSSR count). The van der Waals surface area contributed by atoms with E-state index in [9.17, 15) is 0 Å². The molecule has 0 spiro atoms. The highest BCUT2D eigenvalue weighted by Crippen LogP contribution is 2.38. The molecule has 0 saturated heterocycles. The van der Waals surface area contributed by atoms with Gasteiger partial charge in [0.15, 0.2) is 0 Å². The number of nitrogens with two attached hydrogens (primary N) is 1. The Bertz CT molecular complexity index is 385. The minimum absolute atomic E-state index is 0.551. The predicted molar refractivity (Wildman–Crippen MR) is 75.6 cm³/mol. The summed E-state index contributed by atoms with van der Waals surface area (Å²) in [5, 5.41) is 3.35. The average Bonchev–Trinajstić information content (AvgIpc) is 3.11. The van der Waals surface area contributed by atoms with E-state index in [1.165, 1.54) is 32.1 Å². The third-order valence-electron chi connectivity index (χ3n) is 3.22. The maximum Gasteiger partial charge on any atom is 0.136 e. The SMILES string of the molecule is CC(C)CCCCNc1cc(N)nc(C2CC2)n1. The average molecular weight is 248 g/mol. The first kappa shape index (κ1) is 13.1. The summed E-state index contributed by atoms with van der Waals surface area (Å²) in [6.07, 6.45) is 6.15. The van der Waals surface area contributed by atoms with Gasteiger partial charge in [0.25, 0.3) is 0 Å².